The van der Waals surface area contributed by atoms with Crippen LogP contribution < -0.4 is 20.1 Å². The molecular weight excluding hydrogens is 438 g/mol. The third-order valence-corrected chi connectivity index (χ3v) is 7.41. The molecule has 2 aliphatic rings. The first kappa shape index (κ1) is 23.7. The van der Waals surface area contributed by atoms with Gasteiger partial charge in [-0.05, 0) is 57.7 Å². The second kappa shape index (κ2) is 10.3. The van der Waals surface area contributed by atoms with Crippen molar-refractivity contribution < 1.29 is 9.47 Å². The van der Waals surface area contributed by atoms with Gasteiger partial charge in [-0.1, -0.05) is 37.6 Å². The Bertz CT molecular complexity index is 1180. The Hall–Kier alpha value is -3.06. The number of hydrogen-bond acceptors (Lipinski definition) is 7. The minimum Gasteiger partial charge on any atom is -0.493 e. The molecule has 7 heteroatoms. The second-order valence-corrected chi connectivity index (χ2v) is 9.87. The topological polar surface area (TPSA) is 76.7 Å². The smallest absolute Gasteiger partial charge is 0.318 e. The lowest BCUT2D eigenvalue weighted by atomic mass is 10.0. The van der Waals surface area contributed by atoms with Crippen molar-refractivity contribution in [2.45, 2.75) is 64.6 Å². The average Bonchev–Trinajstić information content (AvgIpc) is 3.29. The first-order valence-corrected chi connectivity index (χ1v) is 13.0. The van der Waals surface area contributed by atoms with Gasteiger partial charge in [-0.2, -0.15) is 9.97 Å². The molecule has 0 amide bonds. The molecule has 0 aliphatic carbocycles. The Morgan fingerprint density at radius 2 is 2.03 bits per heavy atom. The number of fused-ring (bicyclic) bond motifs is 2. The Morgan fingerprint density at radius 3 is 2.83 bits per heavy atom. The van der Waals surface area contributed by atoms with Gasteiger partial charge < -0.3 is 20.1 Å². The van der Waals surface area contributed by atoms with Gasteiger partial charge in [0, 0.05) is 35.3 Å². The van der Waals surface area contributed by atoms with Crippen molar-refractivity contribution in [1.82, 2.24) is 14.9 Å². The van der Waals surface area contributed by atoms with Gasteiger partial charge in [0.15, 0.2) is 0 Å². The monoisotopic (exact) mass is 475 g/mol. The van der Waals surface area contributed by atoms with Crippen LogP contribution in [0.2, 0.25) is 0 Å². The highest BCUT2D eigenvalue weighted by atomic mass is 16.5. The Morgan fingerprint density at radius 1 is 1.17 bits per heavy atom. The molecule has 0 saturated carbocycles. The maximum Gasteiger partial charge on any atom is 0.318 e. The molecule has 0 unspecified atom stereocenters. The number of hydrogen-bond donors (Lipinski definition) is 1. The molecule has 2 N–H and O–H groups in total. The van der Waals surface area contributed by atoms with Crippen LogP contribution >= 0.6 is 0 Å². The standard InChI is InChI=1S/C28H37N5O2/c1-4-5-15-34-21-16-20-9-6-7-10-22(20)26(17-21)33-14-12-23-24(18-33)30-28(31-27(23)29)35-19(2)25-11-8-13-32(25)3/h6-7,9-10,16-17,19,25H,4-5,8,11-15,18H2,1-3H3,(H2,29,30,31)/t19-,25-/m1/s1. The molecule has 186 valence electrons. The van der Waals surface area contributed by atoms with Gasteiger partial charge in [0.1, 0.15) is 17.7 Å². The summed E-state index contributed by atoms with van der Waals surface area (Å²) in [5, 5.41) is 2.40. The highest BCUT2D eigenvalue weighted by Crippen LogP contribution is 2.36. The first-order chi connectivity index (χ1) is 17.0. The van der Waals surface area contributed by atoms with Crippen molar-refractivity contribution in [3.05, 3.63) is 47.7 Å². The van der Waals surface area contributed by atoms with E-state index in [9.17, 15) is 0 Å². The first-order valence-electron chi connectivity index (χ1n) is 13.0. The quantitative estimate of drug-likeness (QED) is 0.468. The van der Waals surface area contributed by atoms with Crippen LogP contribution in [0, 0.1) is 0 Å². The van der Waals surface area contributed by atoms with Crippen LogP contribution in [0.1, 0.15) is 50.8 Å². The van der Waals surface area contributed by atoms with Crippen LogP contribution in [0.3, 0.4) is 0 Å². The third kappa shape index (κ3) is 5.01. The van der Waals surface area contributed by atoms with E-state index in [4.69, 9.17) is 20.2 Å². The molecule has 3 aromatic rings. The summed E-state index contributed by atoms with van der Waals surface area (Å²) in [4.78, 5) is 14.1. The highest BCUT2D eigenvalue weighted by molar-refractivity contribution is 5.95. The van der Waals surface area contributed by atoms with Crippen molar-refractivity contribution in [3.63, 3.8) is 0 Å². The summed E-state index contributed by atoms with van der Waals surface area (Å²) < 4.78 is 12.3. The van der Waals surface area contributed by atoms with E-state index in [-0.39, 0.29) is 6.10 Å². The summed E-state index contributed by atoms with van der Waals surface area (Å²) in [6.07, 6.45) is 5.32. The van der Waals surface area contributed by atoms with Crippen molar-refractivity contribution in [2.24, 2.45) is 0 Å². The molecule has 1 fully saturated rings. The highest BCUT2D eigenvalue weighted by Gasteiger charge is 2.29. The number of nitrogen functional groups attached to an aromatic ring is 1. The summed E-state index contributed by atoms with van der Waals surface area (Å²) in [7, 11) is 2.15. The molecule has 1 saturated heterocycles. The minimum atomic E-state index is 0.0144. The molecule has 35 heavy (non-hydrogen) atoms. The Balaban J connectivity index is 1.41. The molecule has 2 aromatic carbocycles. The van der Waals surface area contributed by atoms with Crippen molar-refractivity contribution >= 4 is 22.3 Å². The number of benzene rings is 2. The number of nitrogens with zero attached hydrogens (tertiary/aromatic N) is 4. The number of likely N-dealkylation sites (tertiary alicyclic amines) is 1. The number of rotatable bonds is 8. The fraction of sp³-hybridized carbons (Fsp3) is 0.500. The Kier molecular flexibility index (Phi) is 6.95. The van der Waals surface area contributed by atoms with Crippen LogP contribution in [-0.2, 0) is 13.0 Å². The molecule has 1 aromatic heterocycles. The maximum absolute atomic E-state index is 6.39. The van der Waals surface area contributed by atoms with Crippen molar-refractivity contribution in [3.8, 4) is 11.8 Å². The van der Waals surface area contributed by atoms with Crippen LogP contribution in [0.5, 0.6) is 11.8 Å². The summed E-state index contributed by atoms with van der Waals surface area (Å²) in [5.74, 6) is 1.46. The van der Waals surface area contributed by atoms with E-state index < -0.39 is 0 Å². The molecule has 0 bridgehead atoms. The van der Waals surface area contributed by atoms with Crippen LogP contribution in [-0.4, -0.2) is 53.8 Å². The van der Waals surface area contributed by atoms with Gasteiger partial charge in [0.2, 0.25) is 0 Å². The number of anilines is 2. The van der Waals surface area contributed by atoms with Gasteiger partial charge in [0.25, 0.3) is 0 Å². The number of nitrogens with two attached hydrogens (primary N) is 1. The zero-order valence-corrected chi connectivity index (χ0v) is 21.2. The lowest BCUT2D eigenvalue weighted by Crippen LogP contribution is -2.38. The van der Waals surface area contributed by atoms with Crippen LogP contribution in [0.4, 0.5) is 11.5 Å². The second-order valence-electron chi connectivity index (χ2n) is 9.87. The number of unbranched alkanes of at least 4 members (excludes halogenated alkanes) is 1. The molecule has 3 heterocycles. The predicted molar refractivity (Wildman–Crippen MR) is 141 cm³/mol. The van der Waals surface area contributed by atoms with Gasteiger partial charge in [-0.3, -0.25) is 4.90 Å². The number of likely N-dealkylation sites (N-methyl/N-ethyl adjacent to an activating group) is 1. The SMILES string of the molecule is CCCCOc1cc(N2CCc3c(N)nc(O[C@H](C)[C@H]4CCCN4C)nc3C2)c2ccccc2c1. The fourth-order valence-electron chi connectivity index (χ4n) is 5.41. The molecule has 2 aliphatic heterocycles. The van der Waals surface area contributed by atoms with Crippen LogP contribution in [0.15, 0.2) is 36.4 Å². The minimum absolute atomic E-state index is 0.0144. The molecule has 7 nitrogen and oxygen atoms in total. The normalized spacial score (nSPS) is 19.1. The Labute approximate surface area is 208 Å². The van der Waals surface area contributed by atoms with Gasteiger partial charge in [-0.25, -0.2) is 0 Å². The molecule has 2 atom stereocenters. The number of aromatic nitrogens is 2. The summed E-state index contributed by atoms with van der Waals surface area (Å²) in [6, 6.07) is 13.6. The number of ether oxygens (including phenoxy) is 2. The average molecular weight is 476 g/mol. The van der Waals surface area contributed by atoms with Crippen LogP contribution in [0.25, 0.3) is 10.8 Å². The van der Waals surface area contributed by atoms with E-state index in [1.165, 1.54) is 22.9 Å². The van der Waals surface area contributed by atoms with E-state index >= 15 is 0 Å². The van der Waals surface area contributed by atoms with Crippen molar-refractivity contribution in [1.29, 1.82) is 0 Å². The summed E-state index contributed by atoms with van der Waals surface area (Å²) >= 11 is 0. The van der Waals surface area contributed by atoms with Gasteiger partial charge in [0.05, 0.1) is 18.8 Å². The van der Waals surface area contributed by atoms with E-state index in [0.717, 1.165) is 62.4 Å². The summed E-state index contributed by atoms with van der Waals surface area (Å²) in [6.45, 7) is 7.64. The van der Waals surface area contributed by atoms with Crippen molar-refractivity contribution in [2.75, 3.05) is 37.4 Å². The fourth-order valence-corrected chi connectivity index (χ4v) is 5.41. The molecular formula is C28H37N5O2. The predicted octanol–water partition coefficient (Wildman–Crippen LogP) is 4.82. The van der Waals surface area contributed by atoms with E-state index in [0.29, 0.717) is 24.4 Å². The molecule has 0 spiro atoms. The van der Waals surface area contributed by atoms with Gasteiger partial charge in [-0.15, -0.1) is 0 Å². The molecule has 5 rings (SSSR count). The molecule has 0 radical (unpaired) electrons. The summed E-state index contributed by atoms with van der Waals surface area (Å²) in [5.41, 5.74) is 9.54. The van der Waals surface area contributed by atoms with E-state index in [2.05, 4.69) is 72.1 Å². The van der Waals surface area contributed by atoms with Gasteiger partial charge >= 0.3 is 6.01 Å². The zero-order valence-electron chi connectivity index (χ0n) is 21.2. The maximum atomic E-state index is 6.39. The third-order valence-electron chi connectivity index (χ3n) is 7.41. The largest absolute Gasteiger partial charge is 0.493 e. The zero-order chi connectivity index (χ0) is 24.4. The van der Waals surface area contributed by atoms with E-state index in [1.54, 1.807) is 0 Å². The lowest BCUT2D eigenvalue weighted by Gasteiger charge is -2.32. The lowest BCUT2D eigenvalue weighted by molar-refractivity contribution is 0.111. The van der Waals surface area contributed by atoms with E-state index in [1.807, 2.05) is 0 Å².